The number of fused-ring (bicyclic) bond motifs is 2. The number of nitrogens with zero attached hydrogens (tertiary/aromatic N) is 4. The molecule has 0 aliphatic rings. The van der Waals surface area contributed by atoms with E-state index in [4.69, 9.17) is 26.7 Å². The largest absolute Gasteiger partial charge is 0.444 e. The molecule has 6 rings (SSSR count). The van der Waals surface area contributed by atoms with Crippen molar-refractivity contribution in [1.82, 2.24) is 40.4 Å². The summed E-state index contributed by atoms with van der Waals surface area (Å²) in [7, 11) is 3.61. The van der Waals surface area contributed by atoms with Gasteiger partial charge in [-0.3, -0.25) is 9.59 Å². The number of hydrogen-bond donors (Lipinski definition) is 7. The van der Waals surface area contributed by atoms with E-state index in [-0.39, 0.29) is 60.0 Å². The molecular formula is C57H82ClF2N11O6. The Morgan fingerprint density at radius 2 is 1.08 bits per heavy atom. The normalized spacial score (nSPS) is 12.4. The van der Waals surface area contributed by atoms with Crippen molar-refractivity contribution in [1.29, 1.82) is 0 Å². The molecule has 0 aliphatic heterocycles. The SMILES string of the molecule is CCCC[C@@H](CN)NC(=O)OC(C)(C)C.C[C@@H](CCCNC(=O)OC(C)(C)C)CNC(=O)c1nc2cc(-c3ccc(F)cc3)ccc2n1C.Cl.Cn1c(C(=O)NC[C@@H](N)CCCN)nc2cc(-c3ccc(F)cc3)ccc21. The van der Waals surface area contributed by atoms with Crippen LogP contribution >= 0.6 is 12.4 Å². The standard InChI is InChI=1S/C26H33FN4O3.C20H24FN5O.C11H24N2O2.ClH/c1-17(7-6-14-28-25(33)34-26(2,3)4)16-29-24(32)23-30-21-15-19(10-13-22(21)31(23)5)18-8-11-20(27)12-9-18;1-26-18-9-6-14(13-4-7-15(21)8-5-13)11-17(18)25-19(26)20(27)24-12-16(23)3-2-10-22;1-5-6-7-9(8-12)13-10(14)15-11(2,3)4;/h8-13,15,17H,6-7,14,16H2,1-5H3,(H,28,33)(H,29,32);4-9,11,16H,2-3,10,12,22-23H2,1H3,(H,24,27);9H,5-8,12H2,1-4H3,(H,13,14);1H/t17-;16-;9-;/m000./s1. The van der Waals surface area contributed by atoms with Crippen LogP contribution in [0.25, 0.3) is 44.3 Å². The summed E-state index contributed by atoms with van der Waals surface area (Å²) in [5.41, 5.74) is 22.7. The monoisotopic (exact) mass is 1090 g/mol. The zero-order valence-electron chi connectivity index (χ0n) is 46.4. The van der Waals surface area contributed by atoms with Gasteiger partial charge in [0.05, 0.1) is 22.1 Å². The lowest BCUT2D eigenvalue weighted by molar-refractivity contribution is 0.0498. The molecule has 17 nitrogen and oxygen atoms in total. The van der Waals surface area contributed by atoms with Crippen molar-refractivity contribution >= 4 is 58.5 Å². The summed E-state index contributed by atoms with van der Waals surface area (Å²) >= 11 is 0. The van der Waals surface area contributed by atoms with E-state index in [1.165, 1.54) is 24.3 Å². The third kappa shape index (κ3) is 21.7. The molecule has 4 aromatic carbocycles. The van der Waals surface area contributed by atoms with Crippen molar-refractivity contribution in [3.8, 4) is 22.3 Å². The first kappa shape index (κ1) is 64.6. The first-order chi connectivity index (χ1) is 35.9. The third-order valence-electron chi connectivity index (χ3n) is 11.9. The van der Waals surface area contributed by atoms with Crippen molar-refractivity contribution in [2.75, 3.05) is 32.7 Å². The summed E-state index contributed by atoms with van der Waals surface area (Å²) in [6.45, 7) is 17.6. The number of hydrogen-bond acceptors (Lipinski definition) is 11. The number of alkyl carbamates (subject to hydrolysis) is 2. The summed E-state index contributed by atoms with van der Waals surface area (Å²) in [4.78, 5) is 57.4. The molecule has 20 heteroatoms. The number of amides is 4. The van der Waals surface area contributed by atoms with Gasteiger partial charge in [0, 0.05) is 52.4 Å². The molecule has 0 aliphatic carbocycles. The molecule has 0 unspecified atom stereocenters. The van der Waals surface area contributed by atoms with Gasteiger partial charge in [-0.2, -0.15) is 0 Å². The summed E-state index contributed by atoms with van der Waals surface area (Å²) in [5.74, 6) is -0.154. The van der Waals surface area contributed by atoms with Crippen LogP contribution in [0.4, 0.5) is 18.4 Å². The molecule has 0 bridgehead atoms. The van der Waals surface area contributed by atoms with Gasteiger partial charge in [0.25, 0.3) is 11.8 Å². The maximum atomic E-state index is 13.2. The van der Waals surface area contributed by atoms with Crippen LogP contribution in [0.15, 0.2) is 84.9 Å². The molecule has 0 saturated carbocycles. The van der Waals surface area contributed by atoms with Crippen LogP contribution in [0.5, 0.6) is 0 Å². The van der Waals surface area contributed by atoms with Gasteiger partial charge in [0.1, 0.15) is 22.8 Å². The number of benzene rings is 4. The highest BCUT2D eigenvalue weighted by Gasteiger charge is 2.21. The van der Waals surface area contributed by atoms with Crippen LogP contribution in [0.1, 0.15) is 122 Å². The first-order valence-corrected chi connectivity index (χ1v) is 26.0. The number of aryl methyl sites for hydroxylation is 2. The fourth-order valence-electron chi connectivity index (χ4n) is 7.81. The third-order valence-corrected chi connectivity index (χ3v) is 11.9. The van der Waals surface area contributed by atoms with Crippen molar-refractivity contribution in [2.24, 2.45) is 37.2 Å². The fraction of sp³-hybridized carbons (Fsp3) is 0.474. The Morgan fingerprint density at radius 1 is 0.623 bits per heavy atom. The number of imidazole rings is 2. The van der Waals surface area contributed by atoms with E-state index < -0.39 is 17.3 Å². The lowest BCUT2D eigenvalue weighted by atomic mass is 10.1. The summed E-state index contributed by atoms with van der Waals surface area (Å²) < 4.78 is 40.2. The van der Waals surface area contributed by atoms with Gasteiger partial charge in [0.2, 0.25) is 0 Å². The number of carbonyl (C=O) groups is 4. The van der Waals surface area contributed by atoms with Gasteiger partial charge in [-0.25, -0.2) is 28.3 Å². The number of carbonyl (C=O) groups excluding carboxylic acids is 4. The highest BCUT2D eigenvalue weighted by molar-refractivity contribution is 5.96. The number of aromatic nitrogens is 4. The van der Waals surface area contributed by atoms with Crippen LogP contribution in [-0.4, -0.2) is 99.1 Å². The Morgan fingerprint density at radius 3 is 1.52 bits per heavy atom. The molecule has 77 heavy (non-hydrogen) atoms. The second kappa shape index (κ2) is 30.9. The van der Waals surface area contributed by atoms with Crippen molar-refractivity contribution in [3.63, 3.8) is 0 Å². The fourth-order valence-corrected chi connectivity index (χ4v) is 7.81. The summed E-state index contributed by atoms with van der Waals surface area (Å²) in [5, 5.41) is 11.3. The van der Waals surface area contributed by atoms with E-state index in [9.17, 15) is 28.0 Å². The van der Waals surface area contributed by atoms with Gasteiger partial charge < -0.3 is 57.1 Å². The first-order valence-electron chi connectivity index (χ1n) is 26.0. The van der Waals surface area contributed by atoms with E-state index in [0.29, 0.717) is 55.4 Å². The molecule has 3 atom stereocenters. The molecular weight excluding hydrogens is 1010 g/mol. The van der Waals surface area contributed by atoms with Crippen LogP contribution in [0.3, 0.4) is 0 Å². The van der Waals surface area contributed by atoms with Crippen molar-refractivity contribution < 1.29 is 37.4 Å². The van der Waals surface area contributed by atoms with Crippen LogP contribution < -0.4 is 38.5 Å². The number of ether oxygens (including phenoxy) is 2. The number of halogens is 3. The smallest absolute Gasteiger partial charge is 0.407 e. The van der Waals surface area contributed by atoms with Crippen LogP contribution in [-0.2, 0) is 23.6 Å². The number of nitrogens with two attached hydrogens (primary N) is 3. The Balaban J connectivity index is 0.000000324. The van der Waals surface area contributed by atoms with Gasteiger partial charge >= 0.3 is 12.2 Å². The Kier molecular flexibility index (Phi) is 25.9. The van der Waals surface area contributed by atoms with Crippen molar-refractivity contribution in [3.05, 3.63) is 108 Å². The second-order valence-electron chi connectivity index (χ2n) is 20.9. The molecule has 4 amide bonds. The number of rotatable bonds is 20. The lowest BCUT2D eigenvalue weighted by Crippen LogP contribution is -2.42. The van der Waals surface area contributed by atoms with E-state index in [1.54, 1.807) is 40.4 Å². The van der Waals surface area contributed by atoms with Gasteiger partial charge in [-0.15, -0.1) is 12.4 Å². The Bertz CT molecular complexity index is 2810. The van der Waals surface area contributed by atoms with E-state index in [1.807, 2.05) is 85.0 Å². The molecule has 2 heterocycles. The Labute approximate surface area is 458 Å². The zero-order valence-corrected chi connectivity index (χ0v) is 47.3. The average Bonchev–Trinajstić information content (AvgIpc) is 3.89. The molecule has 0 fully saturated rings. The molecule has 0 saturated heterocycles. The average molecular weight is 1090 g/mol. The number of unbranched alkanes of at least 4 members (excludes halogenated alkanes) is 1. The zero-order chi connectivity index (χ0) is 56.2. The highest BCUT2D eigenvalue weighted by atomic mass is 35.5. The molecule has 6 aromatic rings. The van der Waals surface area contributed by atoms with E-state index in [2.05, 4.69) is 45.1 Å². The van der Waals surface area contributed by atoms with Crippen LogP contribution in [0, 0.1) is 17.6 Å². The molecule has 0 spiro atoms. The summed E-state index contributed by atoms with van der Waals surface area (Å²) in [6.07, 6.45) is 5.51. The summed E-state index contributed by atoms with van der Waals surface area (Å²) in [6, 6.07) is 24.0. The van der Waals surface area contributed by atoms with Gasteiger partial charge in [-0.1, -0.05) is 63.1 Å². The predicted octanol–water partition coefficient (Wildman–Crippen LogP) is 9.68. The minimum absolute atomic E-state index is 0. The van der Waals surface area contributed by atoms with E-state index >= 15 is 0 Å². The molecule has 10 N–H and O–H groups in total. The maximum Gasteiger partial charge on any atom is 0.407 e. The molecule has 2 aromatic heterocycles. The molecule has 0 radical (unpaired) electrons. The Hall–Kier alpha value is -6.67. The minimum atomic E-state index is -0.514. The highest BCUT2D eigenvalue weighted by Crippen LogP contribution is 2.27. The van der Waals surface area contributed by atoms with E-state index in [0.717, 1.165) is 78.2 Å². The second-order valence-corrected chi connectivity index (χ2v) is 20.9. The predicted molar refractivity (Wildman–Crippen MR) is 305 cm³/mol. The molecule has 422 valence electrons. The van der Waals surface area contributed by atoms with Crippen molar-refractivity contribution in [2.45, 2.75) is 124 Å². The maximum absolute atomic E-state index is 13.2. The quantitative estimate of drug-likeness (QED) is 0.0355. The lowest BCUT2D eigenvalue weighted by Gasteiger charge is -2.22. The van der Waals surface area contributed by atoms with Gasteiger partial charge in [-0.05, 0) is 157 Å². The van der Waals surface area contributed by atoms with Gasteiger partial charge in [0.15, 0.2) is 11.6 Å². The number of nitrogens with one attached hydrogen (secondary N) is 4. The minimum Gasteiger partial charge on any atom is -0.444 e. The van der Waals surface area contributed by atoms with Crippen LogP contribution in [0.2, 0.25) is 0 Å². The topological polar surface area (TPSA) is 249 Å².